The van der Waals surface area contributed by atoms with Gasteiger partial charge in [-0.15, -0.1) is 0 Å². The van der Waals surface area contributed by atoms with Crippen LogP contribution in [0.3, 0.4) is 0 Å². The molecule has 2 aromatic rings. The largest absolute Gasteiger partial charge is 0.462 e. The summed E-state index contributed by atoms with van der Waals surface area (Å²) in [4.78, 5) is 15.4. The molecule has 0 N–H and O–H groups in total. The number of fused-ring (bicyclic) bond motifs is 1. The topological polar surface area (TPSA) is 52.3 Å². The molecule has 2 rings (SSSR count). The van der Waals surface area contributed by atoms with E-state index in [1.54, 1.807) is 25.1 Å². The first kappa shape index (κ1) is 9.98. The quantitative estimate of drug-likeness (QED) is 0.738. The molecule has 0 amide bonds. The lowest BCUT2D eigenvalue weighted by Crippen LogP contribution is -2.05. The summed E-state index contributed by atoms with van der Waals surface area (Å²) in [6, 6.07) is 5.01. The number of carbonyl (C=O) groups is 1. The fraction of sp³-hybridized carbons (Fsp3) is 0.200. The number of halogens is 1. The van der Waals surface area contributed by atoms with E-state index in [1.165, 1.54) is 0 Å². The number of hydrogen-bond acceptors (Lipinski definition) is 4. The van der Waals surface area contributed by atoms with Gasteiger partial charge >= 0.3 is 5.97 Å². The fourth-order valence-electron chi connectivity index (χ4n) is 1.30. The number of hydrogen-bond donors (Lipinski definition) is 0. The van der Waals surface area contributed by atoms with Crippen molar-refractivity contribution in [3.05, 3.63) is 29.1 Å². The number of aromatic nitrogens is 1. The van der Waals surface area contributed by atoms with Gasteiger partial charge in [-0.1, -0.05) is 6.07 Å². The summed E-state index contributed by atoms with van der Waals surface area (Å²) >= 11 is 5.61. The maximum atomic E-state index is 11.5. The second-order valence-electron chi connectivity index (χ2n) is 2.84. The van der Waals surface area contributed by atoms with Crippen LogP contribution in [0, 0.1) is 0 Å². The Bertz CT molecular complexity index is 506. The lowest BCUT2D eigenvalue weighted by Gasteiger charge is -2.00. The monoisotopic (exact) mass is 225 g/mol. The number of ether oxygens (including phenoxy) is 1. The third-order valence-electron chi connectivity index (χ3n) is 1.89. The lowest BCUT2D eigenvalue weighted by molar-refractivity contribution is 0.0528. The molecule has 0 unspecified atom stereocenters. The SMILES string of the molecule is CCOC(=O)c1cccc2oc(Cl)nc12. The van der Waals surface area contributed by atoms with Gasteiger partial charge in [0, 0.05) is 0 Å². The van der Waals surface area contributed by atoms with E-state index in [1.807, 2.05) is 0 Å². The Kier molecular flexibility index (Phi) is 2.60. The van der Waals surface area contributed by atoms with E-state index in [9.17, 15) is 4.79 Å². The van der Waals surface area contributed by atoms with Crippen LogP contribution in [0.1, 0.15) is 17.3 Å². The van der Waals surface area contributed by atoms with Gasteiger partial charge in [0.15, 0.2) is 5.58 Å². The number of carbonyl (C=O) groups excluding carboxylic acids is 1. The fourth-order valence-corrected chi connectivity index (χ4v) is 1.46. The average Bonchev–Trinajstić information content (AvgIpc) is 2.57. The molecule has 15 heavy (non-hydrogen) atoms. The van der Waals surface area contributed by atoms with Crippen LogP contribution in [-0.2, 0) is 4.74 Å². The highest BCUT2D eigenvalue weighted by atomic mass is 35.5. The van der Waals surface area contributed by atoms with Crippen LogP contribution >= 0.6 is 11.6 Å². The molecule has 0 aliphatic rings. The first-order valence-electron chi connectivity index (χ1n) is 4.44. The molecule has 0 saturated heterocycles. The number of para-hydroxylation sites is 1. The number of nitrogens with zero attached hydrogens (tertiary/aromatic N) is 1. The zero-order valence-corrected chi connectivity index (χ0v) is 8.75. The van der Waals surface area contributed by atoms with E-state index < -0.39 is 5.97 Å². The maximum absolute atomic E-state index is 11.5. The first-order chi connectivity index (χ1) is 7.22. The summed E-state index contributed by atoms with van der Waals surface area (Å²) in [5.41, 5.74) is 1.27. The molecule has 1 heterocycles. The van der Waals surface area contributed by atoms with Crippen molar-refractivity contribution in [2.24, 2.45) is 0 Å². The summed E-state index contributed by atoms with van der Waals surface area (Å²) in [6.45, 7) is 2.06. The van der Waals surface area contributed by atoms with Crippen molar-refractivity contribution in [3.63, 3.8) is 0 Å². The van der Waals surface area contributed by atoms with Crippen LogP contribution in [0.25, 0.3) is 11.1 Å². The average molecular weight is 226 g/mol. The molecule has 1 aromatic carbocycles. The molecule has 0 saturated carbocycles. The lowest BCUT2D eigenvalue weighted by atomic mass is 10.2. The van der Waals surface area contributed by atoms with Crippen molar-refractivity contribution < 1.29 is 13.9 Å². The minimum Gasteiger partial charge on any atom is -0.462 e. The molecule has 0 atom stereocenters. The Morgan fingerprint density at radius 3 is 3.13 bits per heavy atom. The molecule has 4 nitrogen and oxygen atoms in total. The highest BCUT2D eigenvalue weighted by Crippen LogP contribution is 2.22. The second kappa shape index (κ2) is 3.90. The van der Waals surface area contributed by atoms with Crippen molar-refractivity contribution in [2.75, 3.05) is 6.61 Å². The molecular formula is C10H8ClNO3. The van der Waals surface area contributed by atoms with Gasteiger partial charge < -0.3 is 9.15 Å². The van der Waals surface area contributed by atoms with Crippen molar-refractivity contribution in [2.45, 2.75) is 6.92 Å². The molecule has 0 spiro atoms. The van der Waals surface area contributed by atoms with Crippen molar-refractivity contribution in [1.82, 2.24) is 4.98 Å². The summed E-state index contributed by atoms with van der Waals surface area (Å²) in [5.74, 6) is -0.423. The van der Waals surface area contributed by atoms with E-state index in [2.05, 4.69) is 4.98 Å². The number of benzene rings is 1. The number of rotatable bonds is 2. The Hall–Kier alpha value is -1.55. The summed E-state index contributed by atoms with van der Waals surface area (Å²) in [7, 11) is 0. The zero-order chi connectivity index (χ0) is 10.8. The molecular weight excluding hydrogens is 218 g/mol. The van der Waals surface area contributed by atoms with Gasteiger partial charge in [-0.3, -0.25) is 0 Å². The van der Waals surface area contributed by atoms with Crippen LogP contribution in [-0.4, -0.2) is 17.6 Å². The Morgan fingerprint density at radius 2 is 2.40 bits per heavy atom. The molecule has 0 aliphatic heterocycles. The van der Waals surface area contributed by atoms with Crippen molar-refractivity contribution >= 4 is 28.7 Å². The van der Waals surface area contributed by atoms with Gasteiger partial charge in [0.1, 0.15) is 5.52 Å². The van der Waals surface area contributed by atoms with Gasteiger partial charge in [0.2, 0.25) is 0 Å². The summed E-state index contributed by atoms with van der Waals surface area (Å²) in [5, 5.41) is 0.0155. The molecule has 0 radical (unpaired) electrons. The molecule has 0 bridgehead atoms. The molecule has 0 aliphatic carbocycles. The Morgan fingerprint density at radius 1 is 1.60 bits per heavy atom. The highest BCUT2D eigenvalue weighted by molar-refractivity contribution is 6.28. The van der Waals surface area contributed by atoms with E-state index in [-0.39, 0.29) is 5.35 Å². The van der Waals surface area contributed by atoms with Gasteiger partial charge in [0.25, 0.3) is 5.35 Å². The standard InChI is InChI=1S/C10H8ClNO3/c1-2-14-9(13)6-4-3-5-7-8(6)12-10(11)15-7/h3-5H,2H2,1H3. The predicted molar refractivity (Wildman–Crippen MR) is 55.0 cm³/mol. The van der Waals surface area contributed by atoms with E-state index >= 15 is 0 Å². The van der Waals surface area contributed by atoms with Gasteiger partial charge in [-0.05, 0) is 30.7 Å². The van der Waals surface area contributed by atoms with Crippen molar-refractivity contribution in [1.29, 1.82) is 0 Å². The van der Waals surface area contributed by atoms with E-state index in [0.717, 1.165) is 0 Å². The highest BCUT2D eigenvalue weighted by Gasteiger charge is 2.14. The summed E-state index contributed by atoms with van der Waals surface area (Å²) in [6.07, 6.45) is 0. The molecule has 5 heteroatoms. The molecule has 1 aromatic heterocycles. The smallest absolute Gasteiger partial charge is 0.340 e. The third kappa shape index (κ3) is 1.80. The van der Waals surface area contributed by atoms with E-state index in [4.69, 9.17) is 20.8 Å². The minimum absolute atomic E-state index is 0.0155. The number of oxazole rings is 1. The Balaban J connectivity index is 2.55. The summed E-state index contributed by atoms with van der Waals surface area (Å²) < 4.78 is 9.96. The molecule has 78 valence electrons. The third-order valence-corrected chi connectivity index (χ3v) is 2.05. The zero-order valence-electron chi connectivity index (χ0n) is 7.99. The number of esters is 1. The normalized spacial score (nSPS) is 10.5. The maximum Gasteiger partial charge on any atom is 0.340 e. The van der Waals surface area contributed by atoms with Crippen LogP contribution in [0.5, 0.6) is 0 Å². The predicted octanol–water partition coefficient (Wildman–Crippen LogP) is 2.66. The van der Waals surface area contributed by atoms with Gasteiger partial charge in [0.05, 0.1) is 12.2 Å². The van der Waals surface area contributed by atoms with Gasteiger partial charge in [-0.25, -0.2) is 4.79 Å². The van der Waals surface area contributed by atoms with Crippen molar-refractivity contribution in [3.8, 4) is 0 Å². The van der Waals surface area contributed by atoms with Crippen LogP contribution < -0.4 is 0 Å². The molecule has 0 fully saturated rings. The van der Waals surface area contributed by atoms with E-state index in [0.29, 0.717) is 23.3 Å². The van der Waals surface area contributed by atoms with Crippen LogP contribution in [0.4, 0.5) is 0 Å². The second-order valence-corrected chi connectivity index (χ2v) is 3.16. The Labute approximate surface area is 90.8 Å². The van der Waals surface area contributed by atoms with Crippen LogP contribution in [0.15, 0.2) is 22.6 Å². The van der Waals surface area contributed by atoms with Crippen LogP contribution in [0.2, 0.25) is 5.35 Å². The van der Waals surface area contributed by atoms with Gasteiger partial charge in [-0.2, -0.15) is 4.98 Å². The minimum atomic E-state index is -0.423. The first-order valence-corrected chi connectivity index (χ1v) is 4.82.